The number of hydrazone groups is 1. The van der Waals surface area contributed by atoms with Crippen molar-refractivity contribution >= 4 is 35.2 Å². The van der Waals surface area contributed by atoms with Gasteiger partial charge in [-0.05, 0) is 25.0 Å². The lowest BCUT2D eigenvalue weighted by molar-refractivity contribution is -0.109. The molecule has 23 heavy (non-hydrogen) atoms. The predicted molar refractivity (Wildman–Crippen MR) is 91.6 cm³/mol. The van der Waals surface area contributed by atoms with E-state index in [9.17, 15) is 9.90 Å². The van der Waals surface area contributed by atoms with Crippen LogP contribution in [-0.2, 0) is 4.79 Å². The van der Waals surface area contributed by atoms with Crippen molar-refractivity contribution in [3.63, 3.8) is 0 Å². The van der Waals surface area contributed by atoms with E-state index in [2.05, 4.69) is 10.5 Å². The molecule has 2 rings (SSSR count). The van der Waals surface area contributed by atoms with Gasteiger partial charge in [-0.3, -0.25) is 5.43 Å². The van der Waals surface area contributed by atoms with Crippen LogP contribution in [0.5, 0.6) is 5.75 Å². The third-order valence-electron chi connectivity index (χ3n) is 3.77. The van der Waals surface area contributed by atoms with E-state index in [1.165, 1.54) is 0 Å². The molecular weight excluding hydrogens is 339 g/mol. The zero-order valence-electron chi connectivity index (χ0n) is 13.1. The number of aliphatic hydroxyl groups is 1. The Morgan fingerprint density at radius 1 is 1.48 bits per heavy atom. The molecular formula is C16H20Cl2N2O3. The molecule has 0 amide bonds. The van der Waals surface area contributed by atoms with Crippen LogP contribution in [0.25, 0.3) is 0 Å². The number of nitrogens with zero attached hydrogens (tertiary/aromatic N) is 1. The van der Waals surface area contributed by atoms with Gasteiger partial charge >= 0.3 is 0 Å². The van der Waals surface area contributed by atoms with Crippen molar-refractivity contribution in [2.24, 2.45) is 11.0 Å². The zero-order chi connectivity index (χ0) is 17.0. The number of nitrogens with one attached hydrogen (secondary N) is 1. The summed E-state index contributed by atoms with van der Waals surface area (Å²) in [5.41, 5.74) is 4.40. The molecule has 0 bridgehead atoms. The van der Waals surface area contributed by atoms with Crippen LogP contribution in [0.1, 0.15) is 32.3 Å². The first kappa shape index (κ1) is 18.0. The summed E-state index contributed by atoms with van der Waals surface area (Å²) in [6.45, 7) is 4.00. The second-order valence-electron chi connectivity index (χ2n) is 5.65. The molecule has 3 atom stereocenters. The van der Waals surface area contributed by atoms with Gasteiger partial charge in [0.15, 0.2) is 5.75 Å². The lowest BCUT2D eigenvalue weighted by atomic mass is 9.91. The molecule has 0 fully saturated rings. The molecule has 1 aliphatic heterocycles. The van der Waals surface area contributed by atoms with Crippen LogP contribution in [-0.4, -0.2) is 35.9 Å². The van der Waals surface area contributed by atoms with Crippen molar-refractivity contribution in [2.75, 3.05) is 6.61 Å². The molecule has 3 unspecified atom stereocenters. The van der Waals surface area contributed by atoms with E-state index in [-0.39, 0.29) is 18.6 Å². The maximum absolute atomic E-state index is 10.8. The highest BCUT2D eigenvalue weighted by Crippen LogP contribution is 2.35. The monoisotopic (exact) mass is 358 g/mol. The van der Waals surface area contributed by atoms with E-state index in [1.54, 1.807) is 12.1 Å². The molecule has 1 heterocycles. The third-order valence-corrected chi connectivity index (χ3v) is 4.34. The Morgan fingerprint density at radius 2 is 2.13 bits per heavy atom. The molecule has 0 saturated heterocycles. The Labute approximate surface area is 145 Å². The van der Waals surface area contributed by atoms with Crippen LogP contribution in [0.3, 0.4) is 0 Å². The summed E-state index contributed by atoms with van der Waals surface area (Å²) in [6, 6.07) is 3.21. The van der Waals surface area contributed by atoms with Gasteiger partial charge in [0.25, 0.3) is 0 Å². The summed E-state index contributed by atoms with van der Waals surface area (Å²) in [7, 11) is 0. The summed E-state index contributed by atoms with van der Waals surface area (Å²) < 4.78 is 5.51. The summed E-state index contributed by atoms with van der Waals surface area (Å²) in [4.78, 5) is 10.8. The number of benzene rings is 1. The minimum atomic E-state index is -0.561. The van der Waals surface area contributed by atoms with Crippen LogP contribution >= 0.6 is 23.2 Å². The topological polar surface area (TPSA) is 70.9 Å². The SMILES string of the molecule is CCC(O)COc1c(Cl)cc(C2=NNC(C=O)CC2C)cc1Cl. The molecule has 5 nitrogen and oxygen atoms in total. The summed E-state index contributed by atoms with van der Waals surface area (Å²) in [5.74, 6) is 0.458. The molecule has 1 aromatic carbocycles. The van der Waals surface area contributed by atoms with Crippen molar-refractivity contribution in [3.05, 3.63) is 27.7 Å². The Hall–Kier alpha value is -1.30. The molecule has 0 spiro atoms. The van der Waals surface area contributed by atoms with Crippen LogP contribution in [0.15, 0.2) is 17.2 Å². The molecule has 7 heteroatoms. The van der Waals surface area contributed by atoms with E-state index < -0.39 is 6.10 Å². The van der Waals surface area contributed by atoms with Gasteiger partial charge in [0.2, 0.25) is 0 Å². The van der Waals surface area contributed by atoms with E-state index >= 15 is 0 Å². The molecule has 0 saturated carbocycles. The standard InChI is InChI=1S/C16H20Cl2N2O3/c1-3-12(22)8-23-16-13(17)5-10(6-14(16)18)15-9(2)4-11(7-21)19-20-15/h5-7,9,11-12,19,22H,3-4,8H2,1-2H3. The largest absolute Gasteiger partial charge is 0.488 e. The first-order valence-electron chi connectivity index (χ1n) is 7.54. The number of rotatable bonds is 6. The smallest absolute Gasteiger partial charge is 0.156 e. The molecule has 0 radical (unpaired) electrons. The lowest BCUT2D eigenvalue weighted by Crippen LogP contribution is -2.37. The van der Waals surface area contributed by atoms with Crippen LogP contribution in [0, 0.1) is 5.92 Å². The lowest BCUT2D eigenvalue weighted by Gasteiger charge is -2.25. The molecule has 2 N–H and O–H groups in total. The van der Waals surface area contributed by atoms with E-state index in [0.717, 1.165) is 17.6 Å². The van der Waals surface area contributed by atoms with Crippen LogP contribution < -0.4 is 10.2 Å². The zero-order valence-corrected chi connectivity index (χ0v) is 14.6. The number of aliphatic hydroxyl groups excluding tert-OH is 1. The number of carbonyl (C=O) groups excluding carboxylic acids is 1. The van der Waals surface area contributed by atoms with Crippen LogP contribution in [0.2, 0.25) is 10.0 Å². The minimum absolute atomic E-state index is 0.104. The first-order valence-corrected chi connectivity index (χ1v) is 8.30. The highest BCUT2D eigenvalue weighted by molar-refractivity contribution is 6.37. The van der Waals surface area contributed by atoms with Crippen LogP contribution in [0.4, 0.5) is 0 Å². The number of carbonyl (C=O) groups is 1. The van der Waals surface area contributed by atoms with Gasteiger partial charge in [0.1, 0.15) is 12.9 Å². The van der Waals surface area contributed by atoms with Gasteiger partial charge in [-0.2, -0.15) is 5.10 Å². The van der Waals surface area contributed by atoms with Crippen molar-refractivity contribution in [1.82, 2.24) is 5.43 Å². The quantitative estimate of drug-likeness (QED) is 0.766. The van der Waals surface area contributed by atoms with Gasteiger partial charge in [0.05, 0.1) is 27.9 Å². The van der Waals surface area contributed by atoms with E-state index in [4.69, 9.17) is 27.9 Å². The normalized spacial score (nSPS) is 22.0. The fraction of sp³-hybridized carbons (Fsp3) is 0.500. The summed E-state index contributed by atoms with van der Waals surface area (Å²) >= 11 is 12.5. The molecule has 0 aliphatic carbocycles. The van der Waals surface area contributed by atoms with Gasteiger partial charge in [-0.25, -0.2) is 0 Å². The number of hydrogen-bond acceptors (Lipinski definition) is 5. The first-order chi connectivity index (χ1) is 11.0. The number of hydrogen-bond donors (Lipinski definition) is 2. The fourth-order valence-corrected chi connectivity index (χ4v) is 2.98. The van der Waals surface area contributed by atoms with Gasteiger partial charge < -0.3 is 14.6 Å². The Balaban J connectivity index is 2.22. The van der Waals surface area contributed by atoms with Crippen molar-refractivity contribution in [1.29, 1.82) is 0 Å². The second-order valence-corrected chi connectivity index (χ2v) is 6.46. The molecule has 126 valence electrons. The fourth-order valence-electron chi connectivity index (χ4n) is 2.39. The number of halogens is 2. The van der Waals surface area contributed by atoms with Gasteiger partial charge in [-0.15, -0.1) is 0 Å². The van der Waals surface area contributed by atoms with Crippen molar-refractivity contribution < 1.29 is 14.6 Å². The molecule has 0 aromatic heterocycles. The summed E-state index contributed by atoms with van der Waals surface area (Å²) in [5, 5.41) is 14.6. The van der Waals surface area contributed by atoms with E-state index in [0.29, 0.717) is 28.6 Å². The van der Waals surface area contributed by atoms with Gasteiger partial charge in [0, 0.05) is 11.5 Å². The number of aldehydes is 1. The third kappa shape index (κ3) is 4.37. The Morgan fingerprint density at radius 3 is 2.65 bits per heavy atom. The highest BCUT2D eigenvalue weighted by atomic mass is 35.5. The highest BCUT2D eigenvalue weighted by Gasteiger charge is 2.24. The minimum Gasteiger partial charge on any atom is -0.488 e. The van der Waals surface area contributed by atoms with Crippen molar-refractivity contribution in [2.45, 2.75) is 38.8 Å². The van der Waals surface area contributed by atoms with E-state index in [1.807, 2.05) is 13.8 Å². The van der Waals surface area contributed by atoms with Crippen molar-refractivity contribution in [3.8, 4) is 5.75 Å². The Bertz CT molecular complexity index is 584. The average molecular weight is 359 g/mol. The average Bonchev–Trinajstić information content (AvgIpc) is 2.53. The Kier molecular flexibility index (Phi) is 6.27. The predicted octanol–water partition coefficient (Wildman–Crippen LogP) is 3.04. The van der Waals surface area contributed by atoms with Gasteiger partial charge in [-0.1, -0.05) is 37.0 Å². The molecule has 1 aliphatic rings. The number of ether oxygens (including phenoxy) is 1. The molecule has 1 aromatic rings. The summed E-state index contributed by atoms with van der Waals surface area (Å²) in [6.07, 6.45) is 1.55. The maximum Gasteiger partial charge on any atom is 0.156 e. The maximum atomic E-state index is 10.8. The second kappa shape index (κ2) is 7.99.